The molecular weight excluding hydrogens is 500 g/mol. The molecule has 7 nitrogen and oxygen atoms in total. The predicted octanol–water partition coefficient (Wildman–Crippen LogP) is 1.84. The monoisotopic (exact) mass is 521 g/mol. The molecule has 6 rings (SSSR count). The van der Waals surface area contributed by atoms with Gasteiger partial charge in [0.1, 0.15) is 5.75 Å². The molecule has 2 heterocycles. The van der Waals surface area contributed by atoms with E-state index in [2.05, 4.69) is 0 Å². The largest absolute Gasteiger partial charge is 1.00 e. The summed E-state index contributed by atoms with van der Waals surface area (Å²) >= 11 is 0. The molecular formula is C28H21NNaO6P. The van der Waals surface area contributed by atoms with Crippen molar-refractivity contribution in [1.29, 1.82) is 0 Å². The molecule has 0 N–H and O–H groups in total. The van der Waals surface area contributed by atoms with E-state index in [4.69, 9.17) is 9.05 Å². The Balaban J connectivity index is 0.00000280. The molecule has 180 valence electrons. The van der Waals surface area contributed by atoms with Gasteiger partial charge in [-0.25, -0.2) is 0 Å². The Kier molecular flexibility index (Phi) is 6.88. The molecule has 0 bridgehead atoms. The maximum atomic E-state index is 13.7. The molecule has 0 saturated heterocycles. The van der Waals surface area contributed by atoms with Gasteiger partial charge in [-0.15, -0.1) is 0 Å². The van der Waals surface area contributed by atoms with Gasteiger partial charge in [0.2, 0.25) is 0 Å². The number of hydrogen-bond acceptors (Lipinski definition) is 6. The number of fused-ring (bicyclic) bond motifs is 5. The van der Waals surface area contributed by atoms with Crippen LogP contribution in [0.5, 0.6) is 5.75 Å². The summed E-state index contributed by atoms with van der Waals surface area (Å²) in [5, 5.41) is 0. The molecule has 2 aliphatic rings. The predicted molar refractivity (Wildman–Crippen MR) is 130 cm³/mol. The summed E-state index contributed by atoms with van der Waals surface area (Å²) < 4.78 is 24.8. The molecule has 3 aromatic carbocycles. The second kappa shape index (κ2) is 9.84. The number of carbonyl (C=O) groups excluding carboxylic acids is 2. The van der Waals surface area contributed by atoms with Gasteiger partial charge < -0.3 is 18.5 Å². The van der Waals surface area contributed by atoms with Crippen molar-refractivity contribution in [3.8, 4) is 5.75 Å². The minimum Gasteiger partial charge on any atom is -0.746 e. The molecule has 2 atom stereocenters. The summed E-state index contributed by atoms with van der Waals surface area (Å²) in [7, 11) is -4.83. The standard InChI is InChI=1S/C28H22NO6P.Na/c1-17-20-11-6-5-10-19(20)14-29-15-22-25(26(17)29)27(30)21-12-7-13-23(24(21)28(22)31)35-36(32,33)34-16-18-8-3-2-4-9-18;/h2-13,15,17H,14,16H2,1H3,(H,32,33);/q;+1/p-1. The fraction of sp³-hybridized carbons (Fsp3) is 0.143. The Bertz CT molecular complexity index is 1600. The number of phosphoric acid groups is 1. The van der Waals surface area contributed by atoms with E-state index < -0.39 is 13.6 Å². The van der Waals surface area contributed by atoms with Crippen LogP contribution in [0, 0.1) is 0 Å². The molecule has 0 saturated carbocycles. The minimum atomic E-state index is -4.83. The third-order valence-corrected chi connectivity index (χ3v) is 7.67. The van der Waals surface area contributed by atoms with Gasteiger partial charge in [-0.3, -0.25) is 14.2 Å². The Morgan fingerprint density at radius 2 is 1.62 bits per heavy atom. The summed E-state index contributed by atoms with van der Waals surface area (Å²) in [5.74, 6) is -1.07. The summed E-state index contributed by atoms with van der Waals surface area (Å²) in [6, 6.07) is 21.2. The quantitative estimate of drug-likeness (QED) is 0.259. The molecule has 0 amide bonds. The molecule has 9 heteroatoms. The third kappa shape index (κ3) is 4.46. The van der Waals surface area contributed by atoms with E-state index in [9.17, 15) is 19.0 Å². The molecule has 1 aromatic heterocycles. The van der Waals surface area contributed by atoms with Crippen LogP contribution in [0.3, 0.4) is 0 Å². The Morgan fingerprint density at radius 1 is 0.919 bits per heavy atom. The zero-order chi connectivity index (χ0) is 25.0. The van der Waals surface area contributed by atoms with E-state index in [0.29, 0.717) is 17.7 Å². The zero-order valence-electron chi connectivity index (χ0n) is 20.3. The molecule has 2 unspecified atom stereocenters. The van der Waals surface area contributed by atoms with Crippen LogP contribution in [0.25, 0.3) is 0 Å². The minimum absolute atomic E-state index is 0. The number of benzene rings is 3. The van der Waals surface area contributed by atoms with Crippen molar-refractivity contribution in [1.82, 2.24) is 4.57 Å². The van der Waals surface area contributed by atoms with Crippen LogP contribution in [-0.4, -0.2) is 16.1 Å². The normalized spacial score (nSPS) is 17.0. The smallest absolute Gasteiger partial charge is 0.746 e. The number of aromatic nitrogens is 1. The van der Waals surface area contributed by atoms with E-state index >= 15 is 0 Å². The van der Waals surface area contributed by atoms with Gasteiger partial charge in [0.25, 0.3) is 0 Å². The number of rotatable bonds is 5. The molecule has 0 radical (unpaired) electrons. The molecule has 0 spiro atoms. The van der Waals surface area contributed by atoms with E-state index in [1.165, 1.54) is 18.2 Å². The Hall–Kier alpha value is -2.77. The fourth-order valence-electron chi connectivity index (χ4n) is 5.18. The fourth-order valence-corrected chi connectivity index (χ4v) is 5.94. The van der Waals surface area contributed by atoms with Crippen LogP contribution in [0.2, 0.25) is 0 Å². The number of carbonyl (C=O) groups is 2. The van der Waals surface area contributed by atoms with Crippen molar-refractivity contribution < 1.29 is 57.7 Å². The van der Waals surface area contributed by atoms with Crippen LogP contribution in [-0.2, 0) is 22.2 Å². The van der Waals surface area contributed by atoms with Crippen molar-refractivity contribution in [3.63, 3.8) is 0 Å². The van der Waals surface area contributed by atoms with Gasteiger partial charge in [0, 0.05) is 29.9 Å². The Labute approximate surface area is 236 Å². The molecule has 0 fully saturated rings. The third-order valence-electron chi connectivity index (χ3n) is 6.80. The van der Waals surface area contributed by atoms with Crippen LogP contribution in [0.15, 0.2) is 79.0 Å². The number of phosphoric ester groups is 1. The van der Waals surface area contributed by atoms with Crippen LogP contribution >= 0.6 is 7.82 Å². The van der Waals surface area contributed by atoms with E-state index in [0.717, 1.165) is 16.8 Å². The van der Waals surface area contributed by atoms with Crippen molar-refractivity contribution in [2.24, 2.45) is 0 Å². The first-order chi connectivity index (χ1) is 17.3. The number of hydrogen-bond donors (Lipinski definition) is 0. The topological polar surface area (TPSA) is 97.7 Å². The summed E-state index contributed by atoms with van der Waals surface area (Å²) in [5.41, 5.74) is 4.38. The molecule has 1 aliphatic carbocycles. The SMILES string of the molecule is CC1c2ccccc2Cn2cc3c(c21)C(=O)c1cccc(OP(=O)([O-])OCc2ccccc2)c1C3=O.[Na+]. The first-order valence-electron chi connectivity index (χ1n) is 11.6. The molecule has 1 aliphatic heterocycles. The van der Waals surface area contributed by atoms with Gasteiger partial charge in [0.05, 0.1) is 23.3 Å². The zero-order valence-corrected chi connectivity index (χ0v) is 23.2. The van der Waals surface area contributed by atoms with Gasteiger partial charge in [0.15, 0.2) is 11.6 Å². The summed E-state index contributed by atoms with van der Waals surface area (Å²) in [4.78, 5) is 39.9. The van der Waals surface area contributed by atoms with E-state index in [1.807, 2.05) is 41.8 Å². The molecule has 37 heavy (non-hydrogen) atoms. The average molecular weight is 521 g/mol. The van der Waals surface area contributed by atoms with Crippen molar-refractivity contribution >= 4 is 19.4 Å². The number of nitrogens with zero attached hydrogens (tertiary/aromatic N) is 1. The maximum Gasteiger partial charge on any atom is 1.00 e. The van der Waals surface area contributed by atoms with E-state index in [-0.39, 0.29) is 70.3 Å². The van der Waals surface area contributed by atoms with Gasteiger partial charge in [-0.05, 0) is 22.8 Å². The maximum absolute atomic E-state index is 13.7. The average Bonchev–Trinajstić information content (AvgIpc) is 3.27. The van der Waals surface area contributed by atoms with Gasteiger partial charge in [-0.1, -0.05) is 73.7 Å². The van der Waals surface area contributed by atoms with Crippen molar-refractivity contribution in [2.45, 2.75) is 26.0 Å². The molecule has 4 aromatic rings. The van der Waals surface area contributed by atoms with Gasteiger partial charge in [-0.2, -0.15) is 0 Å². The van der Waals surface area contributed by atoms with Gasteiger partial charge >= 0.3 is 37.4 Å². The second-order valence-corrected chi connectivity index (χ2v) is 10.3. The first kappa shape index (κ1) is 25.9. The Morgan fingerprint density at radius 3 is 2.41 bits per heavy atom. The van der Waals surface area contributed by atoms with Crippen LogP contribution in [0.4, 0.5) is 0 Å². The van der Waals surface area contributed by atoms with E-state index in [1.54, 1.807) is 30.5 Å². The number of ketones is 2. The van der Waals surface area contributed by atoms with Crippen LogP contribution < -0.4 is 39.0 Å². The summed E-state index contributed by atoms with van der Waals surface area (Å²) in [6.07, 6.45) is 1.69. The van der Waals surface area contributed by atoms with Crippen molar-refractivity contribution in [3.05, 3.63) is 124 Å². The first-order valence-corrected chi connectivity index (χ1v) is 13.0. The van der Waals surface area contributed by atoms with Crippen molar-refractivity contribution in [2.75, 3.05) is 0 Å². The van der Waals surface area contributed by atoms with Crippen LogP contribution in [0.1, 0.15) is 67.1 Å². The second-order valence-electron chi connectivity index (χ2n) is 8.99. The summed E-state index contributed by atoms with van der Waals surface area (Å²) in [6.45, 7) is 2.36.